The third-order valence-corrected chi connectivity index (χ3v) is 3.35. The van der Waals surface area contributed by atoms with Crippen molar-refractivity contribution in [2.45, 2.75) is 59.4 Å². The first-order chi connectivity index (χ1) is 9.58. The van der Waals surface area contributed by atoms with Crippen molar-refractivity contribution in [3.8, 4) is 0 Å². The Bertz CT molecular complexity index is 429. The average molecular weight is 276 g/mol. The predicted molar refractivity (Wildman–Crippen MR) is 86.4 cm³/mol. The van der Waals surface area contributed by atoms with Crippen LogP contribution in [0.4, 0.5) is 5.69 Å². The molecule has 1 aromatic carbocycles. The minimum absolute atomic E-state index is 0.0240. The molecular formula is C17H28N2O. The predicted octanol–water partition coefficient (Wildman–Crippen LogP) is 4.13. The van der Waals surface area contributed by atoms with Gasteiger partial charge >= 0.3 is 0 Å². The van der Waals surface area contributed by atoms with Gasteiger partial charge in [-0.1, -0.05) is 38.3 Å². The number of carbonyl (C=O) groups is 1. The summed E-state index contributed by atoms with van der Waals surface area (Å²) in [5, 5.41) is 6.42. The Labute approximate surface area is 123 Å². The Hall–Kier alpha value is -1.51. The van der Waals surface area contributed by atoms with Gasteiger partial charge in [-0.15, -0.1) is 0 Å². The van der Waals surface area contributed by atoms with Crippen molar-refractivity contribution in [2.75, 3.05) is 11.9 Å². The molecule has 0 saturated carbocycles. The van der Waals surface area contributed by atoms with Gasteiger partial charge in [-0.25, -0.2) is 0 Å². The minimum Gasteiger partial charge on any atom is -0.384 e. The monoisotopic (exact) mass is 276 g/mol. The van der Waals surface area contributed by atoms with Crippen LogP contribution in [0.25, 0.3) is 0 Å². The molecule has 0 aliphatic rings. The van der Waals surface area contributed by atoms with Crippen LogP contribution in [0, 0.1) is 6.92 Å². The van der Waals surface area contributed by atoms with Crippen molar-refractivity contribution in [1.29, 1.82) is 0 Å². The van der Waals surface area contributed by atoms with E-state index in [1.165, 1.54) is 0 Å². The van der Waals surface area contributed by atoms with E-state index in [9.17, 15) is 4.79 Å². The van der Waals surface area contributed by atoms with Crippen molar-refractivity contribution in [1.82, 2.24) is 5.32 Å². The zero-order chi connectivity index (χ0) is 15.0. The van der Waals surface area contributed by atoms with Crippen molar-refractivity contribution in [3.05, 3.63) is 29.3 Å². The molecule has 0 fully saturated rings. The maximum Gasteiger partial charge on any atom is 0.253 e. The van der Waals surface area contributed by atoms with Crippen LogP contribution < -0.4 is 10.6 Å². The molecule has 112 valence electrons. The summed E-state index contributed by atoms with van der Waals surface area (Å²) in [6.07, 6.45) is 4.39. The van der Waals surface area contributed by atoms with E-state index in [0.717, 1.165) is 49.0 Å². The first kappa shape index (κ1) is 16.5. The fourth-order valence-electron chi connectivity index (χ4n) is 2.14. The van der Waals surface area contributed by atoms with Crippen LogP contribution in [0.3, 0.4) is 0 Å². The van der Waals surface area contributed by atoms with E-state index >= 15 is 0 Å². The van der Waals surface area contributed by atoms with Gasteiger partial charge in [-0.2, -0.15) is 0 Å². The quantitative estimate of drug-likeness (QED) is 0.749. The molecule has 0 radical (unpaired) electrons. The molecule has 0 heterocycles. The summed E-state index contributed by atoms with van der Waals surface area (Å²) in [6, 6.07) is 6.22. The van der Waals surface area contributed by atoms with Crippen LogP contribution in [0.5, 0.6) is 0 Å². The van der Waals surface area contributed by atoms with E-state index in [4.69, 9.17) is 0 Å². The molecule has 3 nitrogen and oxygen atoms in total. The van der Waals surface area contributed by atoms with Crippen LogP contribution in [0.2, 0.25) is 0 Å². The smallest absolute Gasteiger partial charge is 0.253 e. The lowest BCUT2D eigenvalue weighted by molar-refractivity contribution is 0.0938. The molecule has 2 N–H and O–H groups in total. The molecule has 3 heteroatoms. The topological polar surface area (TPSA) is 41.1 Å². The Morgan fingerprint density at radius 3 is 2.65 bits per heavy atom. The van der Waals surface area contributed by atoms with Gasteiger partial charge in [0, 0.05) is 18.3 Å². The standard InChI is InChI=1S/C17H28N2O/c1-5-7-8-14(4)19-17(20)15-12-13(3)9-10-16(15)18-11-6-2/h9-10,12,14,18H,5-8,11H2,1-4H3,(H,19,20). The molecule has 1 rings (SSSR count). The van der Waals surface area contributed by atoms with Crippen LogP contribution >= 0.6 is 0 Å². The third kappa shape index (κ3) is 5.24. The zero-order valence-corrected chi connectivity index (χ0v) is 13.3. The Morgan fingerprint density at radius 2 is 2.00 bits per heavy atom. The third-order valence-electron chi connectivity index (χ3n) is 3.35. The Kier molecular flexibility index (Phi) is 7.13. The van der Waals surface area contributed by atoms with Gasteiger partial charge in [0.05, 0.1) is 5.56 Å². The first-order valence-corrected chi connectivity index (χ1v) is 7.73. The lowest BCUT2D eigenvalue weighted by atomic mass is 10.1. The van der Waals surface area contributed by atoms with Crippen molar-refractivity contribution < 1.29 is 4.79 Å². The van der Waals surface area contributed by atoms with Crippen LogP contribution in [0.15, 0.2) is 18.2 Å². The average Bonchev–Trinajstić information content (AvgIpc) is 2.43. The van der Waals surface area contributed by atoms with Gasteiger partial charge in [0.15, 0.2) is 0 Å². The molecule has 1 unspecified atom stereocenters. The van der Waals surface area contributed by atoms with Crippen molar-refractivity contribution in [2.24, 2.45) is 0 Å². The summed E-state index contributed by atoms with van der Waals surface area (Å²) in [7, 11) is 0. The highest BCUT2D eigenvalue weighted by molar-refractivity contribution is 6.00. The maximum absolute atomic E-state index is 12.4. The van der Waals surface area contributed by atoms with E-state index in [2.05, 4.69) is 31.4 Å². The second-order valence-corrected chi connectivity index (χ2v) is 5.49. The molecule has 0 spiro atoms. The fourth-order valence-corrected chi connectivity index (χ4v) is 2.14. The number of unbranched alkanes of at least 4 members (excludes halogenated alkanes) is 1. The molecule has 1 aromatic rings. The van der Waals surface area contributed by atoms with E-state index in [0.29, 0.717) is 0 Å². The molecule has 0 bridgehead atoms. The van der Waals surface area contributed by atoms with Crippen molar-refractivity contribution in [3.63, 3.8) is 0 Å². The van der Waals surface area contributed by atoms with E-state index in [1.807, 2.05) is 25.1 Å². The van der Waals surface area contributed by atoms with Crippen molar-refractivity contribution >= 4 is 11.6 Å². The van der Waals surface area contributed by atoms with Crippen LogP contribution in [-0.2, 0) is 0 Å². The largest absolute Gasteiger partial charge is 0.384 e. The number of rotatable bonds is 8. The van der Waals surface area contributed by atoms with Gasteiger partial charge in [0.2, 0.25) is 0 Å². The second-order valence-electron chi connectivity index (χ2n) is 5.49. The summed E-state index contributed by atoms with van der Waals surface area (Å²) >= 11 is 0. The number of hydrogen-bond acceptors (Lipinski definition) is 2. The fraction of sp³-hybridized carbons (Fsp3) is 0.588. The maximum atomic E-state index is 12.4. The van der Waals surface area contributed by atoms with E-state index in [-0.39, 0.29) is 11.9 Å². The Morgan fingerprint density at radius 1 is 1.25 bits per heavy atom. The number of benzene rings is 1. The molecule has 0 aliphatic heterocycles. The summed E-state index contributed by atoms with van der Waals surface area (Å²) < 4.78 is 0. The molecule has 1 amide bonds. The van der Waals surface area contributed by atoms with Gasteiger partial charge in [-0.3, -0.25) is 4.79 Å². The lowest BCUT2D eigenvalue weighted by Gasteiger charge is -2.16. The van der Waals surface area contributed by atoms with Crippen LogP contribution in [-0.4, -0.2) is 18.5 Å². The first-order valence-electron chi connectivity index (χ1n) is 7.73. The lowest BCUT2D eigenvalue weighted by Crippen LogP contribution is -2.33. The van der Waals surface area contributed by atoms with Gasteiger partial charge in [0.1, 0.15) is 0 Å². The highest BCUT2D eigenvalue weighted by Crippen LogP contribution is 2.18. The summed E-state index contributed by atoms with van der Waals surface area (Å²) in [5.41, 5.74) is 2.79. The summed E-state index contributed by atoms with van der Waals surface area (Å²) in [6.45, 7) is 9.26. The van der Waals surface area contributed by atoms with Gasteiger partial charge in [0.25, 0.3) is 5.91 Å². The van der Waals surface area contributed by atoms with Gasteiger partial charge in [-0.05, 0) is 38.8 Å². The molecule has 0 aromatic heterocycles. The highest BCUT2D eigenvalue weighted by atomic mass is 16.1. The second kappa shape index (κ2) is 8.62. The van der Waals surface area contributed by atoms with Gasteiger partial charge < -0.3 is 10.6 Å². The summed E-state index contributed by atoms with van der Waals surface area (Å²) in [4.78, 5) is 12.4. The SMILES string of the molecule is CCCCC(C)NC(=O)c1cc(C)ccc1NCCC. The highest BCUT2D eigenvalue weighted by Gasteiger charge is 2.13. The number of nitrogens with one attached hydrogen (secondary N) is 2. The van der Waals surface area contributed by atoms with E-state index in [1.54, 1.807) is 0 Å². The van der Waals surface area contributed by atoms with E-state index < -0.39 is 0 Å². The molecule has 0 saturated heterocycles. The number of carbonyl (C=O) groups excluding carboxylic acids is 1. The molecular weight excluding hydrogens is 248 g/mol. The number of anilines is 1. The normalized spacial score (nSPS) is 12.0. The van der Waals surface area contributed by atoms with Crippen LogP contribution in [0.1, 0.15) is 62.4 Å². The summed E-state index contributed by atoms with van der Waals surface area (Å²) in [5.74, 6) is 0.0240. The number of aryl methyl sites for hydroxylation is 1. The molecule has 20 heavy (non-hydrogen) atoms. The minimum atomic E-state index is 0.0240. The number of amides is 1. The molecule has 1 atom stereocenters. The molecule has 0 aliphatic carbocycles. The zero-order valence-electron chi connectivity index (χ0n) is 13.3. The number of hydrogen-bond donors (Lipinski definition) is 2. The Balaban J connectivity index is 2.76.